The van der Waals surface area contributed by atoms with Gasteiger partial charge in [0.15, 0.2) is 0 Å². The summed E-state index contributed by atoms with van der Waals surface area (Å²) in [5.41, 5.74) is 0.880. The van der Waals surface area contributed by atoms with E-state index in [0.29, 0.717) is 17.5 Å². The molecule has 0 spiro atoms. The molecule has 0 fully saturated rings. The molecule has 0 amide bonds. The van der Waals surface area contributed by atoms with Crippen LogP contribution in [0.2, 0.25) is 5.02 Å². The molecule has 1 aromatic heterocycles. The number of benzene rings is 1. The summed E-state index contributed by atoms with van der Waals surface area (Å²) >= 11 is 7.09. The smallest absolute Gasteiger partial charge is 0.209 e. The van der Waals surface area contributed by atoms with Crippen molar-refractivity contribution >= 4 is 23.4 Å². The van der Waals surface area contributed by atoms with E-state index in [0.717, 1.165) is 5.56 Å². The number of thioether (sulfide) groups is 1. The first-order valence-corrected chi connectivity index (χ1v) is 6.51. The van der Waals surface area contributed by atoms with Gasteiger partial charge >= 0.3 is 0 Å². The summed E-state index contributed by atoms with van der Waals surface area (Å²) in [5.74, 6) is 0.141. The molecule has 0 saturated heterocycles. The van der Waals surface area contributed by atoms with Gasteiger partial charge in [-0.15, -0.1) is 5.10 Å². The van der Waals surface area contributed by atoms with E-state index in [1.165, 1.54) is 22.5 Å². The largest absolute Gasteiger partial charge is 0.394 e. The number of aromatic nitrogens is 4. The quantitative estimate of drug-likeness (QED) is 0.849. The molecule has 0 unspecified atom stereocenters. The van der Waals surface area contributed by atoms with Crippen LogP contribution in [-0.4, -0.2) is 31.9 Å². The zero-order chi connectivity index (χ0) is 13.0. The molecule has 1 heterocycles. The van der Waals surface area contributed by atoms with E-state index < -0.39 is 5.82 Å². The number of hydrogen-bond acceptors (Lipinski definition) is 5. The molecule has 5 nitrogen and oxygen atoms in total. The van der Waals surface area contributed by atoms with Crippen molar-refractivity contribution in [3.05, 3.63) is 34.6 Å². The maximum absolute atomic E-state index is 13.0. The Labute approximate surface area is 112 Å². The third kappa shape index (κ3) is 3.18. The summed E-state index contributed by atoms with van der Waals surface area (Å²) in [4.78, 5) is 0. The third-order valence-electron chi connectivity index (χ3n) is 2.16. The molecule has 2 rings (SSSR count). The van der Waals surface area contributed by atoms with Crippen LogP contribution >= 0.6 is 23.4 Å². The van der Waals surface area contributed by atoms with E-state index in [-0.39, 0.29) is 11.6 Å². The van der Waals surface area contributed by atoms with Crippen molar-refractivity contribution < 1.29 is 9.50 Å². The van der Waals surface area contributed by atoms with E-state index in [2.05, 4.69) is 15.5 Å². The van der Waals surface area contributed by atoms with Crippen molar-refractivity contribution in [1.82, 2.24) is 20.2 Å². The Balaban J connectivity index is 2.02. The Kier molecular flexibility index (Phi) is 4.51. The summed E-state index contributed by atoms with van der Waals surface area (Å²) in [6, 6.07) is 4.56. The van der Waals surface area contributed by atoms with E-state index >= 15 is 0 Å². The molecule has 8 heteroatoms. The Hall–Kier alpha value is -1.18. The molecular formula is C10H10ClFN4OS. The van der Waals surface area contributed by atoms with Crippen molar-refractivity contribution in [2.24, 2.45) is 0 Å². The highest BCUT2D eigenvalue weighted by Crippen LogP contribution is 2.23. The first-order chi connectivity index (χ1) is 8.70. The van der Waals surface area contributed by atoms with E-state index in [1.54, 1.807) is 12.1 Å². The van der Waals surface area contributed by atoms with Crippen LogP contribution in [0.25, 0.3) is 0 Å². The van der Waals surface area contributed by atoms with Crippen LogP contribution in [0.4, 0.5) is 4.39 Å². The molecule has 0 aliphatic rings. The summed E-state index contributed by atoms with van der Waals surface area (Å²) in [5, 5.41) is 20.6. The Morgan fingerprint density at radius 3 is 3.00 bits per heavy atom. The van der Waals surface area contributed by atoms with Gasteiger partial charge in [-0.25, -0.2) is 9.07 Å². The molecule has 0 radical (unpaired) electrons. The van der Waals surface area contributed by atoms with Gasteiger partial charge in [0.05, 0.1) is 18.2 Å². The zero-order valence-electron chi connectivity index (χ0n) is 9.25. The van der Waals surface area contributed by atoms with E-state index in [9.17, 15) is 4.39 Å². The monoisotopic (exact) mass is 288 g/mol. The average molecular weight is 289 g/mol. The minimum Gasteiger partial charge on any atom is -0.394 e. The summed E-state index contributed by atoms with van der Waals surface area (Å²) in [7, 11) is 0. The van der Waals surface area contributed by atoms with Crippen LogP contribution in [-0.2, 0) is 12.3 Å². The molecule has 0 atom stereocenters. The van der Waals surface area contributed by atoms with Crippen LogP contribution < -0.4 is 0 Å². The molecule has 1 aromatic carbocycles. The Morgan fingerprint density at radius 2 is 2.28 bits per heavy atom. The minimum atomic E-state index is -0.435. The SMILES string of the molecule is OCCn1nnnc1SCc1ccc(F)c(Cl)c1. The van der Waals surface area contributed by atoms with Crippen LogP contribution in [0, 0.1) is 5.82 Å². The lowest BCUT2D eigenvalue weighted by Gasteiger charge is -2.03. The first-order valence-electron chi connectivity index (χ1n) is 5.14. The Bertz CT molecular complexity index is 536. The molecule has 0 aliphatic carbocycles. The molecule has 0 saturated carbocycles. The lowest BCUT2D eigenvalue weighted by molar-refractivity contribution is 0.262. The van der Waals surface area contributed by atoms with Crippen molar-refractivity contribution in [1.29, 1.82) is 0 Å². The summed E-state index contributed by atoms with van der Waals surface area (Å²) in [6.45, 7) is 0.320. The number of aliphatic hydroxyl groups excluding tert-OH is 1. The molecule has 2 aromatic rings. The van der Waals surface area contributed by atoms with Gasteiger partial charge in [-0.05, 0) is 28.1 Å². The van der Waals surface area contributed by atoms with Crippen LogP contribution in [0.3, 0.4) is 0 Å². The maximum atomic E-state index is 13.0. The highest BCUT2D eigenvalue weighted by atomic mass is 35.5. The fourth-order valence-corrected chi connectivity index (χ4v) is 2.36. The average Bonchev–Trinajstić information content (AvgIpc) is 2.79. The molecule has 18 heavy (non-hydrogen) atoms. The second-order valence-electron chi connectivity index (χ2n) is 3.45. The van der Waals surface area contributed by atoms with E-state index in [1.807, 2.05) is 0 Å². The van der Waals surface area contributed by atoms with Crippen molar-refractivity contribution in [2.45, 2.75) is 17.5 Å². The zero-order valence-corrected chi connectivity index (χ0v) is 10.8. The minimum absolute atomic E-state index is 0.0268. The molecule has 1 N–H and O–H groups in total. The molecule has 0 bridgehead atoms. The van der Waals surface area contributed by atoms with Gasteiger partial charge in [0.1, 0.15) is 5.82 Å². The fraction of sp³-hybridized carbons (Fsp3) is 0.300. The van der Waals surface area contributed by atoms with Gasteiger partial charge in [0.25, 0.3) is 0 Å². The van der Waals surface area contributed by atoms with Gasteiger partial charge in [-0.1, -0.05) is 29.4 Å². The summed E-state index contributed by atoms with van der Waals surface area (Å²) < 4.78 is 14.5. The predicted molar refractivity (Wildman–Crippen MR) is 65.9 cm³/mol. The fourth-order valence-electron chi connectivity index (χ4n) is 1.31. The third-order valence-corrected chi connectivity index (χ3v) is 3.48. The van der Waals surface area contributed by atoms with Gasteiger partial charge in [-0.3, -0.25) is 0 Å². The topological polar surface area (TPSA) is 63.8 Å². The highest BCUT2D eigenvalue weighted by molar-refractivity contribution is 7.98. The van der Waals surface area contributed by atoms with E-state index in [4.69, 9.17) is 16.7 Å². The van der Waals surface area contributed by atoms with Crippen molar-refractivity contribution in [2.75, 3.05) is 6.61 Å². The Morgan fingerprint density at radius 1 is 1.44 bits per heavy atom. The number of aliphatic hydroxyl groups is 1. The lowest BCUT2D eigenvalue weighted by atomic mass is 10.2. The number of nitrogens with zero attached hydrogens (tertiary/aromatic N) is 4. The van der Waals surface area contributed by atoms with Crippen molar-refractivity contribution in [3.63, 3.8) is 0 Å². The lowest BCUT2D eigenvalue weighted by Crippen LogP contribution is -2.05. The number of hydrogen-bond donors (Lipinski definition) is 1. The normalized spacial score (nSPS) is 10.8. The van der Waals surface area contributed by atoms with Crippen LogP contribution in [0.1, 0.15) is 5.56 Å². The standard InChI is InChI=1S/C10H10ClFN4OS/c11-8-5-7(1-2-9(8)12)6-18-10-13-14-15-16(10)3-4-17/h1-2,5,17H,3-4,6H2. The first kappa shape index (κ1) is 13.3. The molecule has 0 aliphatic heterocycles. The maximum Gasteiger partial charge on any atom is 0.209 e. The highest BCUT2D eigenvalue weighted by Gasteiger charge is 2.07. The van der Waals surface area contributed by atoms with Crippen LogP contribution in [0.15, 0.2) is 23.4 Å². The summed E-state index contributed by atoms with van der Waals surface area (Å²) in [6.07, 6.45) is 0. The number of tetrazole rings is 1. The van der Waals surface area contributed by atoms with Gasteiger partial charge in [-0.2, -0.15) is 0 Å². The van der Waals surface area contributed by atoms with Crippen molar-refractivity contribution in [3.8, 4) is 0 Å². The van der Waals surface area contributed by atoms with Gasteiger partial charge in [0, 0.05) is 5.75 Å². The van der Waals surface area contributed by atoms with Gasteiger partial charge in [0.2, 0.25) is 5.16 Å². The predicted octanol–water partition coefficient (Wildman–Crippen LogP) is 1.75. The molecule has 96 valence electrons. The van der Waals surface area contributed by atoms with Gasteiger partial charge < -0.3 is 5.11 Å². The second kappa shape index (κ2) is 6.12. The van der Waals surface area contributed by atoms with Crippen LogP contribution in [0.5, 0.6) is 0 Å². The molecular weight excluding hydrogens is 279 g/mol. The number of halogens is 2. The second-order valence-corrected chi connectivity index (χ2v) is 4.80. The number of rotatable bonds is 5.